The van der Waals surface area contributed by atoms with Gasteiger partial charge >= 0.3 is 0 Å². The SMILES string of the molecule is CC(NC(=O)CSc1nncn1C1CC1)c1ncn[nH]1. The minimum atomic E-state index is -0.188. The molecule has 106 valence electrons. The lowest BCUT2D eigenvalue weighted by atomic mass is 10.3. The van der Waals surface area contributed by atoms with Crippen molar-refractivity contribution in [2.24, 2.45) is 0 Å². The third-order valence-corrected chi connectivity index (χ3v) is 3.99. The van der Waals surface area contributed by atoms with Crippen molar-refractivity contribution in [2.75, 3.05) is 5.75 Å². The fraction of sp³-hybridized carbons (Fsp3) is 0.545. The van der Waals surface area contributed by atoms with Crippen LogP contribution in [0.3, 0.4) is 0 Å². The van der Waals surface area contributed by atoms with Crippen LogP contribution in [0.5, 0.6) is 0 Å². The van der Waals surface area contributed by atoms with E-state index in [0.717, 1.165) is 5.16 Å². The summed E-state index contributed by atoms with van der Waals surface area (Å²) in [6.45, 7) is 1.86. The first-order chi connectivity index (χ1) is 9.74. The minimum Gasteiger partial charge on any atom is -0.346 e. The van der Waals surface area contributed by atoms with Crippen LogP contribution in [0.15, 0.2) is 17.8 Å². The maximum absolute atomic E-state index is 11.9. The van der Waals surface area contributed by atoms with Crippen LogP contribution in [-0.2, 0) is 4.79 Å². The molecular weight excluding hydrogens is 278 g/mol. The zero-order valence-corrected chi connectivity index (χ0v) is 11.8. The van der Waals surface area contributed by atoms with Gasteiger partial charge in [-0.25, -0.2) is 4.98 Å². The summed E-state index contributed by atoms with van der Waals surface area (Å²) >= 11 is 1.40. The van der Waals surface area contributed by atoms with E-state index in [1.165, 1.54) is 30.9 Å². The Morgan fingerprint density at radius 1 is 1.65 bits per heavy atom. The van der Waals surface area contributed by atoms with Crippen LogP contribution in [0, 0.1) is 0 Å². The van der Waals surface area contributed by atoms with Gasteiger partial charge in [0.1, 0.15) is 18.5 Å². The molecule has 20 heavy (non-hydrogen) atoms. The fourth-order valence-corrected chi connectivity index (χ4v) is 2.64. The summed E-state index contributed by atoms with van der Waals surface area (Å²) in [6, 6.07) is 0.329. The second kappa shape index (κ2) is 5.61. The molecule has 1 saturated carbocycles. The number of thioether (sulfide) groups is 1. The fourth-order valence-electron chi connectivity index (χ4n) is 1.84. The highest BCUT2D eigenvalue weighted by atomic mass is 32.2. The van der Waals surface area contributed by atoms with Crippen molar-refractivity contribution < 1.29 is 4.79 Å². The third kappa shape index (κ3) is 2.98. The van der Waals surface area contributed by atoms with E-state index in [-0.39, 0.29) is 11.9 Å². The Balaban J connectivity index is 1.50. The van der Waals surface area contributed by atoms with Crippen molar-refractivity contribution in [2.45, 2.75) is 37.0 Å². The number of carbonyl (C=O) groups is 1. The van der Waals surface area contributed by atoms with E-state index >= 15 is 0 Å². The van der Waals surface area contributed by atoms with E-state index in [1.807, 2.05) is 11.5 Å². The largest absolute Gasteiger partial charge is 0.346 e. The first-order valence-corrected chi connectivity index (χ1v) is 7.39. The molecular formula is C11H15N7OS. The molecule has 0 radical (unpaired) electrons. The van der Waals surface area contributed by atoms with Gasteiger partial charge in [0.25, 0.3) is 0 Å². The lowest BCUT2D eigenvalue weighted by Crippen LogP contribution is -2.29. The molecule has 2 heterocycles. The van der Waals surface area contributed by atoms with E-state index < -0.39 is 0 Å². The zero-order valence-electron chi connectivity index (χ0n) is 11.0. The van der Waals surface area contributed by atoms with Gasteiger partial charge in [-0.05, 0) is 19.8 Å². The van der Waals surface area contributed by atoms with Crippen LogP contribution in [0.2, 0.25) is 0 Å². The summed E-state index contributed by atoms with van der Waals surface area (Å²) in [4.78, 5) is 15.9. The standard InChI is InChI=1S/C11H15N7OS/c1-7(10-12-5-13-16-10)15-9(19)4-20-11-17-14-6-18(11)8-2-3-8/h5-8H,2-4H2,1H3,(H,15,19)(H,12,13,16). The van der Waals surface area contributed by atoms with E-state index in [2.05, 4.69) is 30.7 Å². The Labute approximate surface area is 119 Å². The highest BCUT2D eigenvalue weighted by molar-refractivity contribution is 7.99. The number of aromatic nitrogens is 6. The van der Waals surface area contributed by atoms with Crippen LogP contribution >= 0.6 is 11.8 Å². The predicted octanol–water partition coefficient (Wildman–Crippen LogP) is 0.701. The number of hydrogen-bond acceptors (Lipinski definition) is 6. The summed E-state index contributed by atoms with van der Waals surface area (Å²) < 4.78 is 2.04. The van der Waals surface area contributed by atoms with Gasteiger partial charge in [-0.3, -0.25) is 9.89 Å². The number of amides is 1. The molecule has 1 fully saturated rings. The molecule has 1 atom stereocenters. The first kappa shape index (κ1) is 13.1. The molecule has 0 saturated heterocycles. The highest BCUT2D eigenvalue weighted by Gasteiger charge is 2.26. The number of H-pyrrole nitrogens is 1. The molecule has 2 N–H and O–H groups in total. The normalized spacial score (nSPS) is 16.1. The van der Waals surface area contributed by atoms with Gasteiger partial charge in [-0.15, -0.1) is 10.2 Å². The number of nitrogens with zero attached hydrogens (tertiary/aromatic N) is 5. The number of rotatable bonds is 6. The van der Waals surface area contributed by atoms with E-state index in [4.69, 9.17) is 0 Å². The summed E-state index contributed by atoms with van der Waals surface area (Å²) in [5.74, 6) is 0.887. The number of aromatic amines is 1. The molecule has 2 aromatic heterocycles. The lowest BCUT2D eigenvalue weighted by molar-refractivity contribution is -0.119. The maximum Gasteiger partial charge on any atom is 0.231 e. The van der Waals surface area contributed by atoms with E-state index in [9.17, 15) is 4.79 Å². The van der Waals surface area contributed by atoms with Crippen molar-refractivity contribution in [1.29, 1.82) is 0 Å². The van der Waals surface area contributed by atoms with E-state index in [1.54, 1.807) is 6.33 Å². The molecule has 9 heteroatoms. The Morgan fingerprint density at radius 3 is 3.20 bits per heavy atom. The maximum atomic E-state index is 11.9. The van der Waals surface area contributed by atoms with Crippen LogP contribution in [0.25, 0.3) is 0 Å². The first-order valence-electron chi connectivity index (χ1n) is 6.41. The summed E-state index contributed by atoms with van der Waals surface area (Å²) in [7, 11) is 0. The molecule has 0 bridgehead atoms. The van der Waals surface area contributed by atoms with Gasteiger partial charge in [-0.1, -0.05) is 11.8 Å². The smallest absolute Gasteiger partial charge is 0.231 e. The summed E-state index contributed by atoms with van der Waals surface area (Å²) in [5, 5.41) is 18.1. The summed E-state index contributed by atoms with van der Waals surface area (Å²) in [5.41, 5.74) is 0. The van der Waals surface area contributed by atoms with E-state index in [0.29, 0.717) is 17.6 Å². The molecule has 1 aliphatic rings. The predicted molar refractivity (Wildman–Crippen MR) is 72.0 cm³/mol. The highest BCUT2D eigenvalue weighted by Crippen LogP contribution is 2.37. The van der Waals surface area contributed by atoms with Crippen LogP contribution in [0.1, 0.15) is 37.7 Å². The van der Waals surface area contributed by atoms with Gasteiger partial charge < -0.3 is 9.88 Å². The topological polar surface area (TPSA) is 101 Å². The molecule has 0 spiro atoms. The van der Waals surface area contributed by atoms with Gasteiger partial charge in [-0.2, -0.15) is 5.10 Å². The van der Waals surface area contributed by atoms with Crippen molar-refractivity contribution >= 4 is 17.7 Å². The van der Waals surface area contributed by atoms with Crippen LogP contribution < -0.4 is 5.32 Å². The molecule has 1 unspecified atom stereocenters. The molecule has 0 aromatic carbocycles. The van der Waals surface area contributed by atoms with Crippen molar-refractivity contribution in [1.82, 2.24) is 35.3 Å². The van der Waals surface area contributed by atoms with Crippen LogP contribution in [0.4, 0.5) is 0 Å². The number of nitrogens with one attached hydrogen (secondary N) is 2. The van der Waals surface area contributed by atoms with Crippen molar-refractivity contribution in [3.8, 4) is 0 Å². The second-order valence-corrected chi connectivity index (χ2v) is 5.64. The Morgan fingerprint density at radius 2 is 2.50 bits per heavy atom. The molecule has 1 aliphatic carbocycles. The molecule has 2 aromatic rings. The summed E-state index contributed by atoms with van der Waals surface area (Å²) in [6.07, 6.45) is 5.49. The Kier molecular flexibility index (Phi) is 3.68. The average Bonchev–Trinajstić information content (AvgIpc) is 2.95. The molecule has 8 nitrogen and oxygen atoms in total. The number of carbonyl (C=O) groups excluding carboxylic acids is 1. The van der Waals surface area contributed by atoms with Crippen molar-refractivity contribution in [3.05, 3.63) is 18.5 Å². The zero-order chi connectivity index (χ0) is 13.9. The Bertz CT molecular complexity index is 577. The quantitative estimate of drug-likeness (QED) is 0.760. The van der Waals surface area contributed by atoms with Gasteiger partial charge in [0.15, 0.2) is 5.16 Å². The number of hydrogen-bond donors (Lipinski definition) is 2. The van der Waals surface area contributed by atoms with Gasteiger partial charge in [0, 0.05) is 6.04 Å². The molecule has 1 amide bonds. The second-order valence-electron chi connectivity index (χ2n) is 4.70. The Hall–Kier alpha value is -1.90. The monoisotopic (exact) mass is 293 g/mol. The minimum absolute atomic E-state index is 0.0655. The average molecular weight is 293 g/mol. The van der Waals surface area contributed by atoms with Gasteiger partial charge in [0.2, 0.25) is 5.91 Å². The lowest BCUT2D eigenvalue weighted by Gasteiger charge is -2.10. The third-order valence-electron chi connectivity index (χ3n) is 3.03. The van der Waals surface area contributed by atoms with Gasteiger partial charge in [0.05, 0.1) is 11.8 Å². The van der Waals surface area contributed by atoms with Crippen LogP contribution in [-0.4, -0.2) is 41.6 Å². The molecule has 3 rings (SSSR count). The molecule has 0 aliphatic heterocycles. The van der Waals surface area contributed by atoms with Crippen molar-refractivity contribution in [3.63, 3.8) is 0 Å².